The van der Waals surface area contributed by atoms with Crippen molar-refractivity contribution in [3.8, 4) is 18.2 Å². The van der Waals surface area contributed by atoms with E-state index in [4.69, 9.17) is 17.3 Å². The van der Waals surface area contributed by atoms with E-state index in [2.05, 4.69) is 17.1 Å². The van der Waals surface area contributed by atoms with Gasteiger partial charge in [-0.2, -0.15) is 15.8 Å². The predicted octanol–water partition coefficient (Wildman–Crippen LogP) is 1.76. The minimum atomic E-state index is -0.772. The lowest BCUT2D eigenvalue weighted by Crippen LogP contribution is -2.32. The van der Waals surface area contributed by atoms with Crippen LogP contribution >= 0.6 is 11.6 Å². The van der Waals surface area contributed by atoms with E-state index in [1.54, 1.807) is 30.1 Å². The second-order valence-electron chi connectivity index (χ2n) is 5.94. The first-order valence-corrected chi connectivity index (χ1v) is 8.49. The molecule has 0 saturated heterocycles. The maximum atomic E-state index is 9.77. The second-order valence-corrected chi connectivity index (χ2v) is 6.37. The van der Waals surface area contributed by atoms with Crippen molar-refractivity contribution < 1.29 is 10.1 Å². The van der Waals surface area contributed by atoms with Gasteiger partial charge in [-0.1, -0.05) is 23.7 Å². The van der Waals surface area contributed by atoms with Crippen LogP contribution in [0.3, 0.4) is 0 Å². The van der Waals surface area contributed by atoms with Gasteiger partial charge in [-0.05, 0) is 24.1 Å². The Morgan fingerprint density at radius 1 is 1.26 bits per heavy atom. The van der Waals surface area contributed by atoms with Gasteiger partial charge in [0.15, 0.2) is 0 Å². The third-order valence-electron chi connectivity index (χ3n) is 4.17. The number of hydrogen-bond donors (Lipinski definition) is 2. The molecule has 0 unspecified atom stereocenters. The molecule has 7 nitrogen and oxygen atoms in total. The third-order valence-corrected chi connectivity index (χ3v) is 4.41. The number of nitrogens with zero attached hydrogens (tertiary/aromatic N) is 4. The van der Waals surface area contributed by atoms with Gasteiger partial charge in [0, 0.05) is 10.6 Å². The maximum absolute atomic E-state index is 9.77. The molecule has 2 aromatic rings. The summed E-state index contributed by atoms with van der Waals surface area (Å²) in [5.41, 5.74) is 7.30. The largest absolute Gasteiger partial charge is 0.393 e. The van der Waals surface area contributed by atoms with Crippen molar-refractivity contribution in [2.24, 2.45) is 0 Å². The van der Waals surface area contributed by atoms with Crippen molar-refractivity contribution in [2.75, 3.05) is 30.8 Å². The number of benzene rings is 1. The van der Waals surface area contributed by atoms with Crippen LogP contribution in [-0.4, -0.2) is 25.3 Å². The molecule has 0 spiro atoms. The van der Waals surface area contributed by atoms with E-state index in [9.17, 15) is 20.9 Å². The topological polar surface area (TPSA) is 135 Å². The van der Waals surface area contributed by atoms with Crippen molar-refractivity contribution in [2.45, 2.75) is 12.3 Å². The summed E-state index contributed by atoms with van der Waals surface area (Å²) in [6, 6.07) is 13.3. The van der Waals surface area contributed by atoms with E-state index in [1.807, 2.05) is 12.1 Å². The Balaban J connectivity index is 2.66. The number of aromatic amines is 1. The minimum Gasteiger partial charge on any atom is -0.393 e. The van der Waals surface area contributed by atoms with Gasteiger partial charge in [-0.15, -0.1) is 0 Å². The number of aromatic nitrogens is 1. The summed E-state index contributed by atoms with van der Waals surface area (Å²) in [7, 11) is 1.68. The molecule has 2 rings (SSSR count). The van der Waals surface area contributed by atoms with Crippen LogP contribution in [-0.2, 0) is 6.42 Å². The molecule has 0 amide bonds. The number of nitriles is 3. The van der Waals surface area contributed by atoms with Gasteiger partial charge in [0.1, 0.15) is 23.3 Å². The molecule has 8 heteroatoms. The second kappa shape index (κ2) is 8.87. The quantitative estimate of drug-likeness (QED) is 0.782. The highest BCUT2D eigenvalue weighted by molar-refractivity contribution is 6.30. The van der Waals surface area contributed by atoms with Crippen molar-refractivity contribution in [3.05, 3.63) is 51.5 Å². The first-order valence-electron chi connectivity index (χ1n) is 8.11. The molecule has 0 saturated carbocycles. The molecule has 0 radical (unpaired) electrons. The zero-order chi connectivity index (χ0) is 20.0. The number of nitrogen functional groups attached to an aromatic ring is 1. The smallest absolute Gasteiger partial charge is 0.239 e. The monoisotopic (exact) mass is 381 g/mol. The summed E-state index contributed by atoms with van der Waals surface area (Å²) in [6.07, 6.45) is 0.271. The first kappa shape index (κ1) is 20.0. The number of rotatable bonds is 6. The van der Waals surface area contributed by atoms with Crippen LogP contribution in [0.15, 0.2) is 24.3 Å². The van der Waals surface area contributed by atoms with Gasteiger partial charge in [0.05, 0.1) is 32.2 Å². The Bertz CT molecular complexity index is 970. The normalized spacial score (nSPS) is 11.1. The molecule has 1 aromatic heterocycles. The van der Waals surface area contributed by atoms with Gasteiger partial charge in [-0.25, -0.2) is 4.98 Å². The van der Waals surface area contributed by atoms with Gasteiger partial charge in [-0.3, -0.25) is 4.90 Å². The molecule has 1 aromatic carbocycles. The summed E-state index contributed by atoms with van der Waals surface area (Å²) >= 11 is 6.02. The van der Waals surface area contributed by atoms with Crippen LogP contribution in [0.2, 0.25) is 5.02 Å². The number of anilines is 2. The standard InChI is InChI=1S/C19H17ClN6O/c1-26(5-6-27)19-16(11-23)17(15(10-22)18(24)25-19)13(9-21)7-12-3-2-4-14(20)8-12/h2-4,8,13,27H,5-7H2,1H3,(H2,24,25)/p+1/t13-/m0/s1. The molecule has 0 aliphatic heterocycles. The van der Waals surface area contributed by atoms with Crippen molar-refractivity contribution in [1.82, 2.24) is 0 Å². The predicted molar refractivity (Wildman–Crippen MR) is 101 cm³/mol. The van der Waals surface area contributed by atoms with E-state index in [-0.39, 0.29) is 42.1 Å². The van der Waals surface area contributed by atoms with Crippen LogP contribution < -0.4 is 15.6 Å². The van der Waals surface area contributed by atoms with Crippen molar-refractivity contribution in [1.29, 1.82) is 15.8 Å². The van der Waals surface area contributed by atoms with E-state index in [0.29, 0.717) is 10.8 Å². The lowest BCUT2D eigenvalue weighted by Gasteiger charge is -2.19. The zero-order valence-electron chi connectivity index (χ0n) is 14.7. The van der Waals surface area contributed by atoms with Crippen LogP contribution in [0.25, 0.3) is 0 Å². The number of aliphatic hydroxyl groups excluding tert-OH is 1. The van der Waals surface area contributed by atoms with Gasteiger partial charge in [0.2, 0.25) is 11.6 Å². The Morgan fingerprint density at radius 2 is 1.96 bits per heavy atom. The number of H-pyrrole nitrogens is 1. The molecule has 0 aliphatic rings. The highest BCUT2D eigenvalue weighted by Crippen LogP contribution is 2.32. The van der Waals surface area contributed by atoms with Crippen LogP contribution in [0, 0.1) is 34.0 Å². The lowest BCUT2D eigenvalue weighted by atomic mass is 9.87. The minimum absolute atomic E-state index is 0.0673. The van der Waals surface area contributed by atoms with Gasteiger partial charge in [0.25, 0.3) is 0 Å². The lowest BCUT2D eigenvalue weighted by molar-refractivity contribution is -0.346. The Morgan fingerprint density at radius 3 is 2.52 bits per heavy atom. The van der Waals surface area contributed by atoms with E-state index >= 15 is 0 Å². The van der Waals surface area contributed by atoms with Gasteiger partial charge < -0.3 is 10.8 Å². The van der Waals surface area contributed by atoms with Crippen LogP contribution in [0.4, 0.5) is 11.6 Å². The highest BCUT2D eigenvalue weighted by Gasteiger charge is 2.29. The molecule has 0 aliphatic carbocycles. The molecule has 136 valence electrons. The fourth-order valence-electron chi connectivity index (χ4n) is 2.89. The average molecular weight is 382 g/mol. The summed E-state index contributed by atoms with van der Waals surface area (Å²) in [4.78, 5) is 4.46. The average Bonchev–Trinajstić information content (AvgIpc) is 2.65. The van der Waals surface area contributed by atoms with Crippen molar-refractivity contribution >= 4 is 23.2 Å². The van der Waals surface area contributed by atoms with Gasteiger partial charge >= 0.3 is 0 Å². The fourth-order valence-corrected chi connectivity index (χ4v) is 3.11. The molecule has 0 bridgehead atoms. The Kier molecular flexibility index (Phi) is 6.57. The molecule has 1 atom stereocenters. The molecule has 27 heavy (non-hydrogen) atoms. The van der Waals surface area contributed by atoms with Crippen molar-refractivity contribution in [3.63, 3.8) is 0 Å². The zero-order valence-corrected chi connectivity index (χ0v) is 15.5. The van der Waals surface area contributed by atoms with E-state index < -0.39 is 5.92 Å². The number of nitrogens with two attached hydrogens (primary N) is 1. The SMILES string of the molecule is CN(CCO)c1[nH+]c(N)c(C#N)c([C@H](C#N)Cc2cccc(Cl)c2)c1C#N. The molecule has 1 heterocycles. The number of hydrogen-bond acceptors (Lipinski definition) is 6. The summed E-state index contributed by atoms with van der Waals surface area (Å²) in [5, 5.41) is 38.8. The summed E-state index contributed by atoms with van der Waals surface area (Å²) < 4.78 is 0. The maximum Gasteiger partial charge on any atom is 0.239 e. The first-order chi connectivity index (χ1) is 13.0. The number of pyridine rings is 1. The van der Waals surface area contributed by atoms with Crippen LogP contribution in [0.1, 0.15) is 28.2 Å². The summed E-state index contributed by atoms with van der Waals surface area (Å²) in [5.74, 6) is -0.354. The number of halogens is 1. The molecular formula is C19H18ClN6O+. The number of nitrogens with one attached hydrogen (secondary N) is 1. The highest BCUT2D eigenvalue weighted by atomic mass is 35.5. The number of aliphatic hydroxyl groups is 1. The van der Waals surface area contributed by atoms with E-state index in [1.165, 1.54) is 0 Å². The Labute approximate surface area is 162 Å². The number of likely N-dealkylation sites (N-methyl/N-ethyl adjacent to an activating group) is 1. The fraction of sp³-hybridized carbons (Fsp3) is 0.263. The molecule has 0 fully saturated rings. The Hall–Kier alpha value is -3.31. The van der Waals surface area contributed by atoms with E-state index in [0.717, 1.165) is 5.56 Å². The summed E-state index contributed by atoms with van der Waals surface area (Å²) in [6.45, 7) is 0.121. The van der Waals surface area contributed by atoms with Crippen LogP contribution in [0.5, 0.6) is 0 Å². The molecular weight excluding hydrogens is 364 g/mol. The molecule has 4 N–H and O–H groups in total. The third kappa shape index (κ3) is 4.27.